The van der Waals surface area contributed by atoms with Gasteiger partial charge in [-0.2, -0.15) is 0 Å². The van der Waals surface area contributed by atoms with Gasteiger partial charge < -0.3 is 9.80 Å². The molecule has 26 heavy (non-hydrogen) atoms. The number of sulfone groups is 1. The summed E-state index contributed by atoms with van der Waals surface area (Å²) in [5.41, 5.74) is 2.53. The lowest BCUT2D eigenvalue weighted by atomic mass is 10.0. The van der Waals surface area contributed by atoms with Crippen molar-refractivity contribution >= 4 is 21.4 Å². The van der Waals surface area contributed by atoms with Gasteiger partial charge in [0.25, 0.3) is 0 Å². The second-order valence-corrected chi connectivity index (χ2v) is 9.86. The lowest BCUT2D eigenvalue weighted by Crippen LogP contribution is -2.54. The van der Waals surface area contributed by atoms with E-state index < -0.39 is 9.84 Å². The summed E-state index contributed by atoms with van der Waals surface area (Å²) in [6.07, 6.45) is 2.92. The number of benzene rings is 1. The van der Waals surface area contributed by atoms with Gasteiger partial charge in [-0.1, -0.05) is 18.2 Å². The maximum Gasteiger partial charge on any atom is 0.242 e. The first kappa shape index (κ1) is 17.8. The molecule has 1 aromatic rings. The zero-order valence-electron chi connectivity index (χ0n) is 15.1. The van der Waals surface area contributed by atoms with Crippen molar-refractivity contribution in [2.24, 2.45) is 0 Å². The number of piperazine rings is 1. The molecule has 0 saturated carbocycles. The van der Waals surface area contributed by atoms with Crippen LogP contribution >= 0.6 is 0 Å². The third-order valence-electron chi connectivity index (χ3n) is 5.92. The Morgan fingerprint density at radius 2 is 1.85 bits per heavy atom. The maximum absolute atomic E-state index is 12.8. The van der Waals surface area contributed by atoms with Crippen LogP contribution in [0.25, 0.3) is 0 Å². The van der Waals surface area contributed by atoms with E-state index in [0.29, 0.717) is 25.4 Å². The van der Waals surface area contributed by atoms with Crippen molar-refractivity contribution in [2.45, 2.75) is 25.3 Å². The number of fused-ring (bicyclic) bond motifs is 1. The molecule has 1 amide bonds. The summed E-state index contributed by atoms with van der Waals surface area (Å²) >= 11 is 0. The highest BCUT2D eigenvalue weighted by Crippen LogP contribution is 2.26. The highest BCUT2D eigenvalue weighted by atomic mass is 32.2. The van der Waals surface area contributed by atoms with Gasteiger partial charge in [0, 0.05) is 44.5 Å². The largest absolute Gasteiger partial charge is 0.362 e. The monoisotopic (exact) mass is 377 g/mol. The fourth-order valence-electron chi connectivity index (χ4n) is 4.44. The van der Waals surface area contributed by atoms with Crippen LogP contribution in [0.15, 0.2) is 24.3 Å². The van der Waals surface area contributed by atoms with Crippen molar-refractivity contribution < 1.29 is 13.2 Å². The Morgan fingerprint density at radius 1 is 1.08 bits per heavy atom. The Labute approximate surface area is 155 Å². The summed E-state index contributed by atoms with van der Waals surface area (Å²) in [5, 5.41) is 0. The van der Waals surface area contributed by atoms with E-state index in [9.17, 15) is 13.2 Å². The van der Waals surface area contributed by atoms with Crippen molar-refractivity contribution in [3.05, 3.63) is 29.8 Å². The van der Waals surface area contributed by atoms with E-state index in [1.807, 2.05) is 11.0 Å². The molecule has 142 valence electrons. The fourth-order valence-corrected chi connectivity index (χ4v) is 6.20. The number of rotatable bonds is 3. The Morgan fingerprint density at radius 3 is 2.58 bits per heavy atom. The SMILES string of the molecule is O=C(CN1CCCc2ccccc21)N1CCN(C2CCS(=O)(=O)C2)CC1. The molecule has 3 aliphatic rings. The van der Waals surface area contributed by atoms with Crippen LogP contribution in [0.5, 0.6) is 0 Å². The Hall–Kier alpha value is -1.60. The number of anilines is 1. The van der Waals surface area contributed by atoms with Crippen molar-refractivity contribution in [2.75, 3.05) is 55.7 Å². The number of amides is 1. The molecular weight excluding hydrogens is 350 g/mol. The zero-order valence-corrected chi connectivity index (χ0v) is 16.0. The normalized spacial score (nSPS) is 25.9. The number of hydrogen-bond acceptors (Lipinski definition) is 5. The molecule has 0 N–H and O–H groups in total. The molecule has 3 aliphatic heterocycles. The fraction of sp³-hybridized carbons (Fsp3) is 0.632. The predicted octanol–water partition coefficient (Wildman–Crippen LogP) is 0.771. The number of aryl methyl sites for hydroxylation is 1. The van der Waals surface area contributed by atoms with Crippen LogP contribution in [0.3, 0.4) is 0 Å². The topological polar surface area (TPSA) is 60.9 Å². The van der Waals surface area contributed by atoms with Gasteiger partial charge in [0.2, 0.25) is 5.91 Å². The first-order valence-electron chi connectivity index (χ1n) is 9.57. The molecule has 3 heterocycles. The molecule has 0 spiro atoms. The summed E-state index contributed by atoms with van der Waals surface area (Å²) in [4.78, 5) is 19.2. The first-order chi connectivity index (χ1) is 12.5. The highest BCUT2D eigenvalue weighted by Gasteiger charge is 2.34. The number of hydrogen-bond donors (Lipinski definition) is 0. The third kappa shape index (κ3) is 3.74. The van der Waals surface area contributed by atoms with Gasteiger partial charge in [-0.25, -0.2) is 8.42 Å². The average molecular weight is 378 g/mol. The second-order valence-electron chi connectivity index (χ2n) is 7.63. The molecule has 6 nitrogen and oxygen atoms in total. The minimum Gasteiger partial charge on any atom is -0.362 e. The molecule has 1 unspecified atom stereocenters. The minimum absolute atomic E-state index is 0.145. The van der Waals surface area contributed by atoms with Crippen LogP contribution in [-0.4, -0.2) is 80.9 Å². The van der Waals surface area contributed by atoms with Gasteiger partial charge in [-0.3, -0.25) is 9.69 Å². The van der Waals surface area contributed by atoms with E-state index in [-0.39, 0.29) is 17.7 Å². The van der Waals surface area contributed by atoms with E-state index in [4.69, 9.17) is 0 Å². The van der Waals surface area contributed by atoms with Crippen molar-refractivity contribution in [1.82, 2.24) is 9.80 Å². The van der Waals surface area contributed by atoms with Gasteiger partial charge in [0.1, 0.15) is 0 Å². The molecule has 1 aromatic carbocycles. The van der Waals surface area contributed by atoms with Gasteiger partial charge in [0.15, 0.2) is 9.84 Å². The smallest absolute Gasteiger partial charge is 0.242 e. The second kappa shape index (κ2) is 7.19. The van der Waals surface area contributed by atoms with Crippen LogP contribution in [0.2, 0.25) is 0 Å². The molecule has 0 bridgehead atoms. The summed E-state index contributed by atoms with van der Waals surface area (Å²) in [6, 6.07) is 8.51. The zero-order chi connectivity index (χ0) is 18.1. The van der Waals surface area contributed by atoms with E-state index in [1.54, 1.807) is 0 Å². The van der Waals surface area contributed by atoms with Crippen LogP contribution in [0.1, 0.15) is 18.4 Å². The van der Waals surface area contributed by atoms with E-state index in [1.165, 1.54) is 11.3 Å². The molecule has 0 radical (unpaired) electrons. The van der Waals surface area contributed by atoms with E-state index >= 15 is 0 Å². The van der Waals surface area contributed by atoms with E-state index in [2.05, 4.69) is 28.0 Å². The molecule has 2 saturated heterocycles. The molecule has 4 rings (SSSR count). The van der Waals surface area contributed by atoms with Gasteiger partial charge in [-0.05, 0) is 30.9 Å². The Bertz CT molecular complexity index is 772. The summed E-state index contributed by atoms with van der Waals surface area (Å²) < 4.78 is 23.4. The first-order valence-corrected chi connectivity index (χ1v) is 11.4. The predicted molar refractivity (Wildman–Crippen MR) is 102 cm³/mol. The minimum atomic E-state index is -2.85. The molecular formula is C19H27N3O3S. The molecule has 2 fully saturated rings. The lowest BCUT2D eigenvalue weighted by Gasteiger charge is -2.39. The summed E-state index contributed by atoms with van der Waals surface area (Å²) in [7, 11) is -2.85. The average Bonchev–Trinajstić information content (AvgIpc) is 3.02. The van der Waals surface area contributed by atoms with Gasteiger partial charge >= 0.3 is 0 Å². The standard InChI is InChI=1S/C19H27N3O3S/c23-19(14-22-8-3-5-16-4-1-2-6-18(16)22)21-11-9-20(10-12-21)17-7-13-26(24,25)15-17/h1-2,4,6,17H,3,5,7-15H2. The maximum atomic E-state index is 12.8. The highest BCUT2D eigenvalue weighted by molar-refractivity contribution is 7.91. The van der Waals surface area contributed by atoms with E-state index in [0.717, 1.165) is 38.9 Å². The third-order valence-corrected chi connectivity index (χ3v) is 7.67. The molecule has 1 atom stereocenters. The van der Waals surface area contributed by atoms with Crippen LogP contribution in [-0.2, 0) is 21.1 Å². The van der Waals surface area contributed by atoms with Gasteiger partial charge in [0.05, 0.1) is 18.1 Å². The van der Waals surface area contributed by atoms with Crippen LogP contribution in [0, 0.1) is 0 Å². The van der Waals surface area contributed by atoms with Crippen LogP contribution < -0.4 is 4.90 Å². The quantitative estimate of drug-likeness (QED) is 0.779. The summed E-state index contributed by atoms with van der Waals surface area (Å²) in [5.74, 6) is 0.775. The number of carbonyl (C=O) groups is 1. The summed E-state index contributed by atoms with van der Waals surface area (Å²) in [6.45, 7) is 4.33. The molecule has 0 aliphatic carbocycles. The number of carbonyl (C=O) groups excluding carboxylic acids is 1. The Kier molecular flexibility index (Phi) is 4.92. The number of nitrogens with zero attached hydrogens (tertiary/aromatic N) is 3. The lowest BCUT2D eigenvalue weighted by molar-refractivity contribution is -0.131. The van der Waals surface area contributed by atoms with Gasteiger partial charge in [-0.15, -0.1) is 0 Å². The number of para-hydroxylation sites is 1. The molecule has 0 aromatic heterocycles. The van der Waals surface area contributed by atoms with Crippen LogP contribution in [0.4, 0.5) is 5.69 Å². The van der Waals surface area contributed by atoms with Crippen molar-refractivity contribution in [1.29, 1.82) is 0 Å². The Balaban J connectivity index is 1.32. The van der Waals surface area contributed by atoms with Crippen molar-refractivity contribution in [3.8, 4) is 0 Å². The van der Waals surface area contributed by atoms with Crippen molar-refractivity contribution in [3.63, 3.8) is 0 Å². The molecule has 7 heteroatoms.